The number of fused-ring (bicyclic) bond motifs is 1. The van der Waals surface area contributed by atoms with Crippen LogP contribution < -0.4 is 21.0 Å². The number of nitrogens with one attached hydrogen (secondary N) is 2. The molecule has 180 valence electrons. The third kappa shape index (κ3) is 4.64. The molecular formula is C28H29ClN4O2. The first-order chi connectivity index (χ1) is 16.9. The molecule has 1 saturated heterocycles. The second-order valence-corrected chi connectivity index (χ2v) is 9.48. The first-order valence-corrected chi connectivity index (χ1v) is 12.3. The molecular weight excluding hydrogens is 460 g/mol. The van der Waals surface area contributed by atoms with Crippen molar-refractivity contribution >= 4 is 34.1 Å². The summed E-state index contributed by atoms with van der Waals surface area (Å²) in [5.41, 5.74) is 4.94. The molecule has 1 atom stereocenters. The molecule has 6 nitrogen and oxygen atoms in total. The lowest BCUT2D eigenvalue weighted by Gasteiger charge is -2.31. The molecule has 3 heterocycles. The molecule has 2 aromatic heterocycles. The van der Waals surface area contributed by atoms with E-state index in [2.05, 4.69) is 33.5 Å². The summed E-state index contributed by atoms with van der Waals surface area (Å²) in [5.74, 6) is 1.44. The zero-order valence-corrected chi connectivity index (χ0v) is 20.9. The van der Waals surface area contributed by atoms with Gasteiger partial charge in [-0.25, -0.2) is 4.98 Å². The van der Waals surface area contributed by atoms with Gasteiger partial charge in [-0.1, -0.05) is 48.0 Å². The van der Waals surface area contributed by atoms with Crippen molar-refractivity contribution in [3.8, 4) is 11.3 Å². The summed E-state index contributed by atoms with van der Waals surface area (Å²) in [5, 5.41) is 8.06. The number of benzene rings is 2. The van der Waals surface area contributed by atoms with E-state index in [0.29, 0.717) is 27.4 Å². The van der Waals surface area contributed by atoms with Gasteiger partial charge >= 0.3 is 0 Å². The summed E-state index contributed by atoms with van der Waals surface area (Å²) in [4.78, 5) is 20.3. The second kappa shape index (κ2) is 9.72. The number of piperazine rings is 1. The molecule has 0 unspecified atom stereocenters. The van der Waals surface area contributed by atoms with Crippen LogP contribution in [-0.4, -0.2) is 31.2 Å². The van der Waals surface area contributed by atoms with Gasteiger partial charge in [-0.3, -0.25) is 4.79 Å². The third-order valence-electron chi connectivity index (χ3n) is 6.52. The summed E-state index contributed by atoms with van der Waals surface area (Å²) in [6, 6.07) is 17.4. The molecule has 0 spiro atoms. The number of anilines is 2. The molecule has 35 heavy (non-hydrogen) atoms. The number of rotatable bonds is 5. The van der Waals surface area contributed by atoms with Crippen LogP contribution in [0.2, 0.25) is 5.15 Å². The molecule has 0 saturated carbocycles. The average molecular weight is 489 g/mol. The summed E-state index contributed by atoms with van der Waals surface area (Å²) in [6.45, 7) is 9.43. The predicted molar refractivity (Wildman–Crippen MR) is 144 cm³/mol. The van der Waals surface area contributed by atoms with Gasteiger partial charge in [-0.2, -0.15) is 0 Å². The first-order valence-electron chi connectivity index (χ1n) is 11.9. The standard InChI is InChI=1S/C28H29ClN4O2/c1-17-15-21(19(3)31-23-9-10-24(29)32-28(23)33-13-11-30-12-14-33)27-22(16-17)25(34)18(2)26(35-27)20-7-5-4-6-8-20/h4-10,15-16,19,30-31H,11-14H2,1-3H3/t19-/m1/s1. The van der Waals surface area contributed by atoms with Crippen LogP contribution in [-0.2, 0) is 0 Å². The van der Waals surface area contributed by atoms with Crippen molar-refractivity contribution in [2.75, 3.05) is 36.4 Å². The fraction of sp³-hybridized carbons (Fsp3) is 0.286. The summed E-state index contributed by atoms with van der Waals surface area (Å²) >= 11 is 6.27. The summed E-state index contributed by atoms with van der Waals surface area (Å²) in [7, 11) is 0. The number of hydrogen-bond donors (Lipinski definition) is 2. The highest BCUT2D eigenvalue weighted by Gasteiger charge is 2.21. The maximum absolute atomic E-state index is 13.4. The number of pyridine rings is 1. The highest BCUT2D eigenvalue weighted by Crippen LogP contribution is 2.34. The van der Waals surface area contributed by atoms with Crippen LogP contribution in [0.1, 0.15) is 29.7 Å². The number of hydrogen-bond acceptors (Lipinski definition) is 6. The lowest BCUT2D eigenvalue weighted by atomic mass is 9.99. The molecule has 7 heteroatoms. The van der Waals surface area contributed by atoms with E-state index in [4.69, 9.17) is 16.0 Å². The first kappa shape index (κ1) is 23.4. The molecule has 5 rings (SSSR count). The molecule has 0 aliphatic carbocycles. The molecule has 4 aromatic rings. The zero-order chi connectivity index (χ0) is 24.5. The van der Waals surface area contributed by atoms with Gasteiger partial charge in [0.15, 0.2) is 11.2 Å². The smallest absolute Gasteiger partial charge is 0.196 e. The fourth-order valence-electron chi connectivity index (χ4n) is 4.72. The van der Waals surface area contributed by atoms with Gasteiger partial charge in [0, 0.05) is 42.9 Å². The lowest BCUT2D eigenvalue weighted by Crippen LogP contribution is -2.44. The van der Waals surface area contributed by atoms with Crippen molar-refractivity contribution in [1.82, 2.24) is 10.3 Å². The number of aromatic nitrogens is 1. The van der Waals surface area contributed by atoms with Crippen molar-refractivity contribution < 1.29 is 4.42 Å². The fourth-order valence-corrected chi connectivity index (χ4v) is 4.86. The van der Waals surface area contributed by atoms with Crippen LogP contribution in [0.3, 0.4) is 0 Å². The molecule has 0 radical (unpaired) electrons. The van der Waals surface area contributed by atoms with Crippen molar-refractivity contribution in [3.63, 3.8) is 0 Å². The van der Waals surface area contributed by atoms with Crippen LogP contribution in [0, 0.1) is 13.8 Å². The van der Waals surface area contributed by atoms with Gasteiger partial charge in [0.2, 0.25) is 0 Å². The molecule has 1 fully saturated rings. The topological polar surface area (TPSA) is 70.4 Å². The third-order valence-corrected chi connectivity index (χ3v) is 6.73. The SMILES string of the molecule is Cc1cc([C@@H](C)Nc2ccc(Cl)nc2N2CCNCC2)c2oc(-c3ccccc3)c(C)c(=O)c2c1. The van der Waals surface area contributed by atoms with Crippen LogP contribution >= 0.6 is 11.6 Å². The Balaban J connectivity index is 1.60. The van der Waals surface area contributed by atoms with Gasteiger partial charge in [0.05, 0.1) is 17.1 Å². The van der Waals surface area contributed by atoms with E-state index in [0.717, 1.165) is 54.4 Å². The largest absolute Gasteiger partial charge is 0.455 e. The van der Waals surface area contributed by atoms with E-state index < -0.39 is 0 Å². The van der Waals surface area contributed by atoms with Crippen LogP contribution in [0.25, 0.3) is 22.3 Å². The summed E-state index contributed by atoms with van der Waals surface area (Å²) in [6.07, 6.45) is 0. The molecule has 2 N–H and O–H groups in total. The Kier molecular flexibility index (Phi) is 6.50. The lowest BCUT2D eigenvalue weighted by molar-refractivity contribution is 0.585. The average Bonchev–Trinajstić information content (AvgIpc) is 2.88. The van der Waals surface area contributed by atoms with Crippen LogP contribution in [0.5, 0.6) is 0 Å². The maximum atomic E-state index is 13.4. The van der Waals surface area contributed by atoms with E-state index in [1.54, 1.807) is 6.07 Å². The Morgan fingerprint density at radius 1 is 1.09 bits per heavy atom. The van der Waals surface area contributed by atoms with Gasteiger partial charge in [0.1, 0.15) is 16.5 Å². The van der Waals surface area contributed by atoms with Crippen LogP contribution in [0.4, 0.5) is 11.5 Å². The highest BCUT2D eigenvalue weighted by molar-refractivity contribution is 6.29. The van der Waals surface area contributed by atoms with Gasteiger partial charge in [0.25, 0.3) is 0 Å². The van der Waals surface area contributed by atoms with Crippen molar-refractivity contribution in [2.45, 2.75) is 26.8 Å². The van der Waals surface area contributed by atoms with Gasteiger partial charge in [-0.05, 0) is 44.5 Å². The normalized spacial score (nSPS) is 14.8. The Morgan fingerprint density at radius 3 is 2.57 bits per heavy atom. The van der Waals surface area contributed by atoms with E-state index in [9.17, 15) is 4.79 Å². The molecule has 1 aliphatic heterocycles. The van der Waals surface area contributed by atoms with E-state index in [-0.39, 0.29) is 11.5 Å². The van der Waals surface area contributed by atoms with Crippen molar-refractivity contribution in [3.05, 3.63) is 86.7 Å². The number of aryl methyl sites for hydroxylation is 1. The predicted octanol–water partition coefficient (Wildman–Crippen LogP) is 5.71. The molecule has 1 aliphatic rings. The highest BCUT2D eigenvalue weighted by atomic mass is 35.5. The van der Waals surface area contributed by atoms with E-state index in [1.807, 2.05) is 56.3 Å². The monoisotopic (exact) mass is 488 g/mol. The Morgan fingerprint density at radius 2 is 1.83 bits per heavy atom. The minimum atomic E-state index is -0.142. The molecule has 2 aromatic carbocycles. The van der Waals surface area contributed by atoms with Crippen molar-refractivity contribution in [1.29, 1.82) is 0 Å². The van der Waals surface area contributed by atoms with E-state index in [1.165, 1.54) is 0 Å². The Labute approximate surface area is 209 Å². The minimum absolute atomic E-state index is 0.00285. The van der Waals surface area contributed by atoms with Gasteiger partial charge < -0.3 is 20.0 Å². The molecule has 0 bridgehead atoms. The quantitative estimate of drug-likeness (QED) is 0.351. The van der Waals surface area contributed by atoms with Crippen LogP contribution in [0.15, 0.2) is 63.8 Å². The van der Waals surface area contributed by atoms with Crippen molar-refractivity contribution in [2.24, 2.45) is 0 Å². The Hall–Kier alpha value is -3.35. The Bertz CT molecular complexity index is 1430. The van der Waals surface area contributed by atoms with Gasteiger partial charge in [-0.15, -0.1) is 0 Å². The summed E-state index contributed by atoms with van der Waals surface area (Å²) < 4.78 is 6.47. The zero-order valence-electron chi connectivity index (χ0n) is 20.2. The second-order valence-electron chi connectivity index (χ2n) is 9.09. The maximum Gasteiger partial charge on any atom is 0.196 e. The number of nitrogens with zero attached hydrogens (tertiary/aromatic N) is 2. The molecule has 0 amide bonds. The number of halogens is 1. The minimum Gasteiger partial charge on any atom is -0.455 e. The van der Waals surface area contributed by atoms with E-state index >= 15 is 0 Å².